The zero-order chi connectivity index (χ0) is 14.7. The number of aromatic amines is 1. The zero-order valence-corrected chi connectivity index (χ0v) is 13.3. The molecule has 0 aromatic carbocycles. The van der Waals surface area contributed by atoms with E-state index in [2.05, 4.69) is 10.3 Å². The molecule has 20 heavy (non-hydrogen) atoms. The van der Waals surface area contributed by atoms with E-state index >= 15 is 0 Å². The van der Waals surface area contributed by atoms with Crippen molar-refractivity contribution in [2.75, 3.05) is 19.7 Å². The maximum atomic E-state index is 12.4. The van der Waals surface area contributed by atoms with Crippen LogP contribution in [0.3, 0.4) is 0 Å². The number of carbonyl (C=O) groups excluding carboxylic acids is 1. The summed E-state index contributed by atoms with van der Waals surface area (Å²) in [5, 5.41) is 4.06. The molecule has 0 spiro atoms. The molecule has 0 aliphatic carbocycles. The van der Waals surface area contributed by atoms with E-state index in [-0.39, 0.29) is 17.8 Å². The number of halogens is 2. The van der Waals surface area contributed by atoms with E-state index in [9.17, 15) is 4.79 Å². The Balaban J connectivity index is 2.07. The molecule has 0 amide bonds. The maximum Gasteiger partial charge on any atom is 0.180 e. The highest BCUT2D eigenvalue weighted by molar-refractivity contribution is 6.44. The molecule has 1 aliphatic heterocycles. The molecule has 1 aromatic heterocycles. The Hall–Kier alpha value is -0.550. The van der Waals surface area contributed by atoms with Crippen molar-refractivity contribution in [3.63, 3.8) is 0 Å². The maximum absolute atomic E-state index is 12.4. The van der Waals surface area contributed by atoms with Crippen LogP contribution in [0.15, 0.2) is 0 Å². The van der Waals surface area contributed by atoms with Crippen LogP contribution in [0.25, 0.3) is 0 Å². The number of H-pyrrole nitrogens is 1. The zero-order valence-electron chi connectivity index (χ0n) is 11.8. The van der Waals surface area contributed by atoms with Gasteiger partial charge in [0, 0.05) is 25.3 Å². The number of nitrogens with one attached hydrogen (secondary N) is 2. The standard InChI is InChI=1S/C14H20Cl2N2O2/c1-3-20-11-7-17-5-4-9(11)6-10(19)14-13(16)12(15)8(2)18-14/h9,11,17-18H,3-7H2,1-2H3/t9-,11-/m0/s1. The molecule has 0 radical (unpaired) electrons. The van der Waals surface area contributed by atoms with Crippen LogP contribution in [0.5, 0.6) is 0 Å². The number of aryl methyl sites for hydroxylation is 1. The molecule has 2 atom stereocenters. The highest BCUT2D eigenvalue weighted by Crippen LogP contribution is 2.31. The van der Waals surface area contributed by atoms with Gasteiger partial charge < -0.3 is 15.0 Å². The van der Waals surface area contributed by atoms with Gasteiger partial charge in [0.15, 0.2) is 5.78 Å². The molecule has 4 nitrogen and oxygen atoms in total. The second kappa shape index (κ2) is 6.94. The lowest BCUT2D eigenvalue weighted by atomic mass is 9.89. The molecule has 2 rings (SSSR count). The third kappa shape index (κ3) is 3.37. The van der Waals surface area contributed by atoms with Crippen LogP contribution < -0.4 is 5.32 Å². The van der Waals surface area contributed by atoms with E-state index in [1.54, 1.807) is 6.92 Å². The Morgan fingerprint density at radius 3 is 2.75 bits per heavy atom. The molecular formula is C14H20Cl2N2O2. The Bertz CT molecular complexity index is 486. The summed E-state index contributed by atoms with van der Waals surface area (Å²) < 4.78 is 5.71. The monoisotopic (exact) mass is 318 g/mol. The first-order chi connectivity index (χ1) is 9.54. The van der Waals surface area contributed by atoms with Gasteiger partial charge in [-0.25, -0.2) is 0 Å². The van der Waals surface area contributed by atoms with Crippen LogP contribution in [0.4, 0.5) is 0 Å². The van der Waals surface area contributed by atoms with Gasteiger partial charge in [-0.05, 0) is 32.7 Å². The number of ether oxygens (including phenoxy) is 1. The average Bonchev–Trinajstić information content (AvgIpc) is 2.69. The number of Topliss-reactive ketones (excluding diaryl/α,β-unsaturated/α-hetero) is 1. The summed E-state index contributed by atoms with van der Waals surface area (Å²) in [6, 6.07) is 0. The second-order valence-electron chi connectivity index (χ2n) is 5.13. The largest absolute Gasteiger partial charge is 0.377 e. The van der Waals surface area contributed by atoms with Crippen LogP contribution >= 0.6 is 23.2 Å². The van der Waals surface area contributed by atoms with Crippen LogP contribution in [0, 0.1) is 12.8 Å². The lowest BCUT2D eigenvalue weighted by molar-refractivity contribution is 0.00342. The van der Waals surface area contributed by atoms with E-state index in [4.69, 9.17) is 27.9 Å². The van der Waals surface area contributed by atoms with E-state index in [1.165, 1.54) is 0 Å². The summed E-state index contributed by atoms with van der Waals surface area (Å²) in [5.74, 6) is 0.226. The molecule has 1 aliphatic rings. The first-order valence-electron chi connectivity index (χ1n) is 6.93. The van der Waals surface area contributed by atoms with Crippen molar-refractivity contribution < 1.29 is 9.53 Å². The highest BCUT2D eigenvalue weighted by Gasteiger charge is 2.29. The summed E-state index contributed by atoms with van der Waals surface area (Å²) >= 11 is 12.1. The van der Waals surface area contributed by atoms with Gasteiger partial charge in [0.05, 0.1) is 16.1 Å². The molecule has 2 N–H and O–H groups in total. The molecule has 0 unspecified atom stereocenters. The fraction of sp³-hybridized carbons (Fsp3) is 0.643. The number of hydrogen-bond donors (Lipinski definition) is 2. The van der Waals surface area contributed by atoms with Crippen LogP contribution in [-0.4, -0.2) is 36.6 Å². The number of carbonyl (C=O) groups is 1. The number of piperidine rings is 1. The van der Waals surface area contributed by atoms with Crippen LogP contribution in [-0.2, 0) is 4.74 Å². The van der Waals surface area contributed by atoms with Crippen molar-refractivity contribution in [3.05, 3.63) is 21.4 Å². The van der Waals surface area contributed by atoms with Gasteiger partial charge in [0.2, 0.25) is 0 Å². The lowest BCUT2D eigenvalue weighted by Gasteiger charge is -2.31. The summed E-state index contributed by atoms with van der Waals surface area (Å²) in [6.45, 7) is 6.14. The lowest BCUT2D eigenvalue weighted by Crippen LogP contribution is -2.43. The average molecular weight is 319 g/mol. The molecule has 1 saturated heterocycles. The molecule has 1 aromatic rings. The summed E-state index contributed by atoms with van der Waals surface area (Å²) in [6.07, 6.45) is 1.45. The second-order valence-corrected chi connectivity index (χ2v) is 5.88. The molecule has 2 heterocycles. The van der Waals surface area contributed by atoms with Gasteiger partial charge in [-0.2, -0.15) is 0 Å². The third-order valence-corrected chi connectivity index (χ3v) is 4.67. The van der Waals surface area contributed by atoms with Gasteiger partial charge in [0.25, 0.3) is 0 Å². The minimum atomic E-state index is 0.00148. The summed E-state index contributed by atoms with van der Waals surface area (Å²) in [5.41, 5.74) is 1.15. The predicted molar refractivity (Wildman–Crippen MR) is 80.9 cm³/mol. The molecule has 112 valence electrons. The summed E-state index contributed by atoms with van der Waals surface area (Å²) in [7, 11) is 0. The van der Waals surface area contributed by atoms with E-state index in [0.29, 0.717) is 28.8 Å². The summed E-state index contributed by atoms with van der Waals surface area (Å²) in [4.78, 5) is 15.4. The molecule has 1 fully saturated rings. The van der Waals surface area contributed by atoms with Crippen molar-refractivity contribution >= 4 is 29.0 Å². The van der Waals surface area contributed by atoms with E-state index in [1.807, 2.05) is 6.92 Å². The normalized spacial score (nSPS) is 23.0. The quantitative estimate of drug-likeness (QED) is 0.820. The van der Waals surface area contributed by atoms with Crippen LogP contribution in [0.2, 0.25) is 10.0 Å². The van der Waals surface area contributed by atoms with Crippen molar-refractivity contribution in [1.29, 1.82) is 0 Å². The fourth-order valence-electron chi connectivity index (χ4n) is 2.63. The van der Waals surface area contributed by atoms with Crippen molar-refractivity contribution in [3.8, 4) is 0 Å². The fourth-order valence-corrected chi connectivity index (χ4v) is 3.07. The Labute approximate surface area is 129 Å². The minimum Gasteiger partial charge on any atom is -0.377 e. The highest BCUT2D eigenvalue weighted by atomic mass is 35.5. The van der Waals surface area contributed by atoms with Gasteiger partial charge in [-0.15, -0.1) is 0 Å². The van der Waals surface area contributed by atoms with Crippen molar-refractivity contribution in [2.24, 2.45) is 5.92 Å². The molecule has 6 heteroatoms. The van der Waals surface area contributed by atoms with Crippen molar-refractivity contribution in [1.82, 2.24) is 10.3 Å². The minimum absolute atomic E-state index is 0.00148. The molecule has 0 bridgehead atoms. The first kappa shape index (κ1) is 15.8. The first-order valence-corrected chi connectivity index (χ1v) is 7.69. The Kier molecular flexibility index (Phi) is 5.49. The van der Waals surface area contributed by atoms with Gasteiger partial charge in [-0.3, -0.25) is 4.79 Å². The van der Waals surface area contributed by atoms with Crippen LogP contribution in [0.1, 0.15) is 35.9 Å². The van der Waals surface area contributed by atoms with Gasteiger partial charge in [0.1, 0.15) is 5.69 Å². The van der Waals surface area contributed by atoms with E-state index in [0.717, 1.165) is 25.2 Å². The van der Waals surface area contributed by atoms with E-state index < -0.39 is 0 Å². The molecule has 0 saturated carbocycles. The number of rotatable bonds is 5. The smallest absolute Gasteiger partial charge is 0.180 e. The van der Waals surface area contributed by atoms with Crippen molar-refractivity contribution in [2.45, 2.75) is 32.8 Å². The number of hydrogen-bond acceptors (Lipinski definition) is 3. The van der Waals surface area contributed by atoms with Gasteiger partial charge >= 0.3 is 0 Å². The predicted octanol–water partition coefficient (Wildman–Crippen LogP) is 3.22. The number of ketones is 1. The molecular weight excluding hydrogens is 299 g/mol. The SMILES string of the molecule is CCO[C@H]1CNCC[C@H]1CC(=O)c1[nH]c(C)c(Cl)c1Cl. The van der Waals surface area contributed by atoms with Gasteiger partial charge in [-0.1, -0.05) is 23.2 Å². The Morgan fingerprint density at radius 1 is 1.40 bits per heavy atom. The topological polar surface area (TPSA) is 54.1 Å². The third-order valence-electron chi connectivity index (χ3n) is 3.72. The number of aromatic nitrogens is 1. The Morgan fingerprint density at radius 2 is 2.15 bits per heavy atom.